The molecule has 7 nitrogen and oxygen atoms in total. The second kappa shape index (κ2) is 6.76. The Labute approximate surface area is 157 Å². The van der Waals surface area contributed by atoms with Crippen LogP contribution in [0.1, 0.15) is 36.0 Å². The average Bonchev–Trinajstić information content (AvgIpc) is 3.25. The van der Waals surface area contributed by atoms with Crippen LogP contribution in [0.15, 0.2) is 27.4 Å². The first-order chi connectivity index (χ1) is 12.8. The van der Waals surface area contributed by atoms with E-state index >= 15 is 0 Å². The van der Waals surface area contributed by atoms with Crippen molar-refractivity contribution in [1.29, 1.82) is 0 Å². The number of fused-ring (bicyclic) bond motifs is 2. The van der Waals surface area contributed by atoms with Crippen LogP contribution in [0.2, 0.25) is 0 Å². The summed E-state index contributed by atoms with van der Waals surface area (Å²) in [5.41, 5.74) is 2.99. The van der Waals surface area contributed by atoms with Crippen molar-refractivity contribution in [3.8, 4) is 0 Å². The quantitative estimate of drug-likeness (QED) is 0.582. The molecular weight excluding hydrogens is 370 g/mol. The van der Waals surface area contributed by atoms with Crippen LogP contribution in [-0.4, -0.2) is 37.5 Å². The highest BCUT2D eigenvalue weighted by Gasteiger charge is 2.37. The van der Waals surface area contributed by atoms with Crippen molar-refractivity contribution in [1.82, 2.24) is 4.31 Å². The minimum absolute atomic E-state index is 0.0895. The lowest BCUT2D eigenvalue weighted by molar-refractivity contribution is -0.148. The van der Waals surface area contributed by atoms with E-state index in [9.17, 15) is 18.0 Å². The van der Waals surface area contributed by atoms with Crippen molar-refractivity contribution in [2.45, 2.75) is 44.8 Å². The zero-order chi connectivity index (χ0) is 19.2. The zero-order valence-electron chi connectivity index (χ0n) is 15.1. The molecule has 2 heterocycles. The van der Waals surface area contributed by atoms with Crippen LogP contribution in [0.5, 0.6) is 0 Å². The number of hydrogen-bond acceptors (Lipinski definition) is 6. The van der Waals surface area contributed by atoms with Crippen LogP contribution < -0.4 is 5.63 Å². The highest BCUT2D eigenvalue weighted by atomic mass is 32.2. The van der Waals surface area contributed by atoms with E-state index in [-0.39, 0.29) is 6.61 Å². The molecule has 1 aromatic heterocycles. The van der Waals surface area contributed by atoms with Gasteiger partial charge in [0.25, 0.3) is 0 Å². The predicted octanol–water partition coefficient (Wildman–Crippen LogP) is 1.75. The standard InChI is InChI=1S/C19H21NO6S/c1-27(23,24)20-7-3-6-16(20)19(22)25-11-14-10-18(21)26-17-9-13-5-2-4-12(13)8-15(14)17/h8-10,16H,2-7,11H2,1H3/t16-/m0/s1. The Hall–Kier alpha value is -2.19. The second-order valence-corrected chi connectivity index (χ2v) is 9.14. The van der Waals surface area contributed by atoms with E-state index in [1.54, 1.807) is 0 Å². The van der Waals surface area contributed by atoms with Crippen molar-refractivity contribution in [3.05, 3.63) is 45.3 Å². The van der Waals surface area contributed by atoms with Crippen molar-refractivity contribution in [2.24, 2.45) is 0 Å². The van der Waals surface area contributed by atoms with Crippen molar-refractivity contribution in [3.63, 3.8) is 0 Å². The van der Waals surface area contributed by atoms with Crippen LogP contribution in [0.4, 0.5) is 0 Å². The average molecular weight is 391 g/mol. The van der Waals surface area contributed by atoms with Gasteiger partial charge in [-0.1, -0.05) is 0 Å². The molecule has 1 saturated heterocycles. The molecule has 1 aliphatic carbocycles. The number of rotatable bonds is 4. The molecule has 0 bridgehead atoms. The Bertz CT molecular complexity index is 1070. The molecule has 2 aliphatic rings. The van der Waals surface area contributed by atoms with E-state index in [0.29, 0.717) is 30.5 Å². The molecule has 1 aromatic carbocycles. The lowest BCUT2D eigenvalue weighted by Gasteiger charge is -2.20. The summed E-state index contributed by atoms with van der Waals surface area (Å²) in [4.78, 5) is 24.3. The number of carbonyl (C=O) groups is 1. The molecular formula is C19H21NO6S. The summed E-state index contributed by atoms with van der Waals surface area (Å²) in [6.45, 7) is 0.233. The smallest absolute Gasteiger partial charge is 0.336 e. The molecule has 0 amide bonds. The van der Waals surface area contributed by atoms with Crippen LogP contribution in [-0.2, 0) is 39.0 Å². The van der Waals surface area contributed by atoms with E-state index in [2.05, 4.69) is 0 Å². The minimum atomic E-state index is -3.46. The first-order valence-electron chi connectivity index (χ1n) is 9.05. The fraction of sp³-hybridized carbons (Fsp3) is 0.474. The monoisotopic (exact) mass is 391 g/mol. The topological polar surface area (TPSA) is 93.9 Å². The molecule has 27 heavy (non-hydrogen) atoms. The second-order valence-electron chi connectivity index (χ2n) is 7.20. The van der Waals surface area contributed by atoms with Crippen molar-refractivity contribution < 1.29 is 22.4 Å². The zero-order valence-corrected chi connectivity index (χ0v) is 15.9. The van der Waals surface area contributed by atoms with Gasteiger partial charge in [0.2, 0.25) is 10.0 Å². The third-order valence-electron chi connectivity index (χ3n) is 5.31. The molecule has 8 heteroatoms. The maximum Gasteiger partial charge on any atom is 0.336 e. The minimum Gasteiger partial charge on any atom is -0.460 e. The van der Waals surface area contributed by atoms with Gasteiger partial charge in [-0.2, -0.15) is 4.31 Å². The number of esters is 1. The Kier molecular flexibility index (Phi) is 4.55. The van der Waals surface area contributed by atoms with Gasteiger partial charge in [0, 0.05) is 23.6 Å². The maximum absolute atomic E-state index is 12.5. The summed E-state index contributed by atoms with van der Waals surface area (Å²) in [5.74, 6) is -0.583. The molecule has 0 unspecified atom stereocenters. The van der Waals surface area contributed by atoms with E-state index in [1.807, 2.05) is 12.1 Å². The Morgan fingerprint density at radius 2 is 1.96 bits per heavy atom. The molecule has 1 fully saturated rings. The number of sulfonamides is 1. The van der Waals surface area contributed by atoms with Crippen LogP contribution in [0, 0.1) is 0 Å². The Morgan fingerprint density at radius 1 is 1.22 bits per heavy atom. The van der Waals surface area contributed by atoms with Gasteiger partial charge in [-0.3, -0.25) is 4.79 Å². The van der Waals surface area contributed by atoms with Gasteiger partial charge in [0.15, 0.2) is 0 Å². The Balaban J connectivity index is 1.59. The van der Waals surface area contributed by atoms with Crippen LogP contribution in [0.3, 0.4) is 0 Å². The van der Waals surface area contributed by atoms with E-state index < -0.39 is 27.7 Å². The van der Waals surface area contributed by atoms with E-state index in [1.165, 1.54) is 21.5 Å². The Morgan fingerprint density at radius 3 is 2.70 bits per heavy atom. The first kappa shape index (κ1) is 18.2. The summed E-state index contributed by atoms with van der Waals surface area (Å²) in [6.07, 6.45) is 5.18. The molecule has 1 atom stereocenters. The van der Waals surface area contributed by atoms with Crippen molar-refractivity contribution in [2.75, 3.05) is 12.8 Å². The third-order valence-corrected chi connectivity index (χ3v) is 6.60. The molecule has 2 aromatic rings. The highest BCUT2D eigenvalue weighted by Crippen LogP contribution is 2.29. The van der Waals surface area contributed by atoms with Crippen LogP contribution >= 0.6 is 0 Å². The van der Waals surface area contributed by atoms with Gasteiger partial charge in [0.05, 0.1) is 6.26 Å². The first-order valence-corrected chi connectivity index (χ1v) is 10.9. The highest BCUT2D eigenvalue weighted by molar-refractivity contribution is 7.88. The van der Waals surface area contributed by atoms with Gasteiger partial charge in [0.1, 0.15) is 18.2 Å². The third kappa shape index (κ3) is 3.51. The molecule has 4 rings (SSSR count). The summed E-state index contributed by atoms with van der Waals surface area (Å²) < 4.78 is 35.5. The van der Waals surface area contributed by atoms with Gasteiger partial charge >= 0.3 is 11.6 Å². The lowest BCUT2D eigenvalue weighted by Crippen LogP contribution is -2.40. The molecule has 1 aliphatic heterocycles. The summed E-state index contributed by atoms with van der Waals surface area (Å²) >= 11 is 0. The van der Waals surface area contributed by atoms with Gasteiger partial charge in [-0.25, -0.2) is 13.2 Å². The lowest BCUT2D eigenvalue weighted by atomic mass is 10.0. The van der Waals surface area contributed by atoms with Gasteiger partial charge in [-0.15, -0.1) is 0 Å². The number of hydrogen-bond donors (Lipinski definition) is 0. The number of benzene rings is 1. The number of aryl methyl sites for hydroxylation is 2. The maximum atomic E-state index is 12.5. The predicted molar refractivity (Wildman–Crippen MR) is 98.9 cm³/mol. The largest absolute Gasteiger partial charge is 0.460 e. The number of nitrogens with zero attached hydrogens (tertiary/aromatic N) is 1. The number of carbonyl (C=O) groups excluding carboxylic acids is 1. The summed E-state index contributed by atoms with van der Waals surface area (Å²) in [6, 6.07) is 4.44. The fourth-order valence-corrected chi connectivity index (χ4v) is 5.15. The molecule has 0 N–H and O–H groups in total. The number of ether oxygens (including phenoxy) is 1. The molecule has 0 saturated carbocycles. The molecule has 0 radical (unpaired) electrons. The molecule has 0 spiro atoms. The van der Waals surface area contributed by atoms with Gasteiger partial charge in [-0.05, 0) is 55.4 Å². The SMILES string of the molecule is CS(=O)(=O)N1CCC[C@H]1C(=O)OCc1cc(=O)oc2cc3c(cc12)CCC3. The summed E-state index contributed by atoms with van der Waals surface area (Å²) in [5, 5.41) is 0.759. The molecule has 144 valence electrons. The van der Waals surface area contributed by atoms with E-state index in [4.69, 9.17) is 9.15 Å². The van der Waals surface area contributed by atoms with Gasteiger partial charge < -0.3 is 9.15 Å². The van der Waals surface area contributed by atoms with Crippen LogP contribution in [0.25, 0.3) is 11.0 Å². The van der Waals surface area contributed by atoms with Crippen molar-refractivity contribution >= 4 is 27.0 Å². The summed E-state index contributed by atoms with van der Waals surface area (Å²) in [7, 11) is -3.46. The normalized spacial score (nSPS) is 20.1. The van der Waals surface area contributed by atoms with E-state index in [0.717, 1.165) is 30.9 Å². The fourth-order valence-electron chi connectivity index (χ4n) is 4.03.